The molecule has 4 atom stereocenters. The summed E-state index contributed by atoms with van der Waals surface area (Å²) < 4.78 is 27.5. The van der Waals surface area contributed by atoms with Crippen LogP contribution in [0.15, 0.2) is 48.9 Å². The lowest BCUT2D eigenvalue weighted by Gasteiger charge is -2.23. The molecule has 204 valence electrons. The zero-order valence-corrected chi connectivity index (χ0v) is 22.0. The van der Waals surface area contributed by atoms with E-state index in [4.69, 9.17) is 9.47 Å². The zero-order valence-electron chi connectivity index (χ0n) is 22.0. The standard InChI is InChI=1S/C27H30FN7O4/c1-27(2,3)39-25(36)31-24-20-14-33(15-21(20)24)23-7-4-16(11-29-23)19-6-5-17(10-22(19)28)35-13-18(38-26(35)37)12-34-9-8-30-32-34/h4-11,18,20-21,24H,12-15H2,1-3H3,(H,31,36)/t18-,20-,21+,24+/m0/s1. The van der Waals surface area contributed by atoms with E-state index in [-0.39, 0.29) is 12.1 Å². The molecule has 1 aliphatic carbocycles. The van der Waals surface area contributed by atoms with Gasteiger partial charge in [-0.05, 0) is 51.1 Å². The van der Waals surface area contributed by atoms with Gasteiger partial charge < -0.3 is 19.7 Å². The number of fused-ring (bicyclic) bond motifs is 1. The largest absolute Gasteiger partial charge is 0.444 e. The summed E-state index contributed by atoms with van der Waals surface area (Å²) in [5.41, 5.74) is 0.950. The highest BCUT2D eigenvalue weighted by Gasteiger charge is 2.57. The van der Waals surface area contributed by atoms with Crippen LogP contribution < -0.4 is 15.1 Å². The van der Waals surface area contributed by atoms with Crippen molar-refractivity contribution >= 4 is 23.7 Å². The third-order valence-electron chi connectivity index (χ3n) is 7.26. The van der Waals surface area contributed by atoms with E-state index >= 15 is 4.39 Å². The van der Waals surface area contributed by atoms with E-state index < -0.39 is 23.6 Å². The molecule has 3 aromatic rings. The van der Waals surface area contributed by atoms with Crippen LogP contribution in [0.4, 0.5) is 25.5 Å². The third-order valence-corrected chi connectivity index (χ3v) is 7.26. The number of ether oxygens (including phenoxy) is 2. The Labute approximate surface area is 224 Å². The first-order valence-corrected chi connectivity index (χ1v) is 13.0. The van der Waals surface area contributed by atoms with Crippen LogP contribution >= 0.6 is 0 Å². The summed E-state index contributed by atoms with van der Waals surface area (Å²) >= 11 is 0. The molecule has 3 fully saturated rings. The zero-order chi connectivity index (χ0) is 27.3. The topological polar surface area (TPSA) is 115 Å². The molecule has 2 aromatic heterocycles. The molecule has 1 aromatic carbocycles. The molecule has 2 saturated heterocycles. The number of nitrogens with zero attached hydrogens (tertiary/aromatic N) is 6. The number of piperidine rings is 1. The maximum atomic E-state index is 15.1. The second kappa shape index (κ2) is 9.51. The molecule has 1 N–H and O–H groups in total. The lowest BCUT2D eigenvalue weighted by Crippen LogP contribution is -2.38. The molecule has 11 nitrogen and oxygen atoms in total. The maximum Gasteiger partial charge on any atom is 0.414 e. The Hall–Kier alpha value is -4.22. The van der Waals surface area contributed by atoms with Crippen LogP contribution in [0.1, 0.15) is 20.8 Å². The number of alkyl carbamates (subject to hydrolysis) is 1. The number of cyclic esters (lactones) is 1. The number of halogens is 1. The monoisotopic (exact) mass is 535 g/mol. The van der Waals surface area contributed by atoms with Crippen molar-refractivity contribution in [3.63, 3.8) is 0 Å². The molecule has 0 spiro atoms. The average Bonchev–Trinajstić information content (AvgIpc) is 3.36. The summed E-state index contributed by atoms with van der Waals surface area (Å²) in [6, 6.07) is 8.56. The highest BCUT2D eigenvalue weighted by atomic mass is 19.1. The van der Waals surface area contributed by atoms with E-state index in [0.717, 1.165) is 18.9 Å². The third kappa shape index (κ3) is 5.23. The second-order valence-corrected chi connectivity index (χ2v) is 11.2. The number of amides is 2. The first-order valence-electron chi connectivity index (χ1n) is 13.0. The summed E-state index contributed by atoms with van der Waals surface area (Å²) in [4.78, 5) is 32.6. The molecule has 1 saturated carbocycles. The number of hydrogen-bond acceptors (Lipinski definition) is 8. The molecule has 12 heteroatoms. The first kappa shape index (κ1) is 25.1. The van der Waals surface area contributed by atoms with Crippen molar-refractivity contribution in [2.75, 3.05) is 29.4 Å². The Balaban J connectivity index is 1.05. The predicted molar refractivity (Wildman–Crippen MR) is 140 cm³/mol. The van der Waals surface area contributed by atoms with Crippen LogP contribution in [0, 0.1) is 17.7 Å². The number of pyridine rings is 1. The van der Waals surface area contributed by atoms with Crippen LogP contribution in [0.25, 0.3) is 11.1 Å². The quantitative estimate of drug-likeness (QED) is 0.511. The van der Waals surface area contributed by atoms with E-state index in [2.05, 4.69) is 25.5 Å². The van der Waals surface area contributed by atoms with Crippen molar-refractivity contribution in [3.05, 3.63) is 54.7 Å². The van der Waals surface area contributed by atoms with Crippen LogP contribution in [0.3, 0.4) is 0 Å². The van der Waals surface area contributed by atoms with Crippen LogP contribution in [-0.4, -0.2) is 69.5 Å². The highest BCUT2D eigenvalue weighted by Crippen LogP contribution is 2.46. The normalized spacial score (nSPS) is 23.9. The molecule has 4 heterocycles. The fourth-order valence-corrected chi connectivity index (χ4v) is 5.38. The minimum absolute atomic E-state index is 0.133. The Bertz CT molecular complexity index is 1360. The van der Waals surface area contributed by atoms with Crippen molar-refractivity contribution < 1.29 is 23.5 Å². The number of aromatic nitrogens is 4. The average molecular weight is 536 g/mol. The van der Waals surface area contributed by atoms with E-state index in [1.807, 2.05) is 32.9 Å². The van der Waals surface area contributed by atoms with Gasteiger partial charge in [-0.15, -0.1) is 5.10 Å². The van der Waals surface area contributed by atoms with Crippen LogP contribution in [-0.2, 0) is 16.0 Å². The van der Waals surface area contributed by atoms with Gasteiger partial charge in [0.2, 0.25) is 0 Å². The number of hydrogen-bond donors (Lipinski definition) is 1. The van der Waals surface area contributed by atoms with E-state index in [0.29, 0.717) is 41.7 Å². The summed E-state index contributed by atoms with van der Waals surface area (Å²) in [7, 11) is 0. The number of carbonyl (C=O) groups is 2. The van der Waals surface area contributed by atoms with Gasteiger partial charge in [0.15, 0.2) is 0 Å². The smallest absolute Gasteiger partial charge is 0.414 e. The molecule has 39 heavy (non-hydrogen) atoms. The highest BCUT2D eigenvalue weighted by molar-refractivity contribution is 5.90. The Morgan fingerprint density at radius 2 is 1.97 bits per heavy atom. The predicted octanol–water partition coefficient (Wildman–Crippen LogP) is 3.46. The summed E-state index contributed by atoms with van der Waals surface area (Å²) in [5.74, 6) is 1.11. The van der Waals surface area contributed by atoms with Gasteiger partial charge in [0.25, 0.3) is 0 Å². The van der Waals surface area contributed by atoms with Crippen LogP contribution in [0.5, 0.6) is 0 Å². The SMILES string of the molecule is CC(C)(C)OC(=O)N[C@H]1[C@@H]2CN(c3ccc(-c4ccc(N5C[C@H](Cn6ccnn6)OC5=O)cc4F)cn3)C[C@@H]21. The molecule has 2 aliphatic heterocycles. The second-order valence-electron chi connectivity index (χ2n) is 11.2. The number of nitrogens with one attached hydrogen (secondary N) is 1. The summed E-state index contributed by atoms with van der Waals surface area (Å²) in [6.07, 6.45) is 3.60. The van der Waals surface area contributed by atoms with Gasteiger partial charge in [-0.2, -0.15) is 0 Å². The maximum absolute atomic E-state index is 15.1. The Kier molecular flexibility index (Phi) is 6.12. The number of anilines is 2. The van der Waals surface area contributed by atoms with Gasteiger partial charge >= 0.3 is 12.2 Å². The lowest BCUT2D eigenvalue weighted by atomic mass is 10.1. The molecule has 0 unspecified atom stereocenters. The minimum Gasteiger partial charge on any atom is -0.444 e. The number of carbonyl (C=O) groups excluding carboxylic acids is 2. The first-order chi connectivity index (χ1) is 18.6. The van der Waals surface area contributed by atoms with Gasteiger partial charge in [0, 0.05) is 54.5 Å². The van der Waals surface area contributed by atoms with E-state index in [9.17, 15) is 9.59 Å². The van der Waals surface area contributed by atoms with Gasteiger partial charge in [0.1, 0.15) is 23.3 Å². The van der Waals surface area contributed by atoms with Crippen molar-refractivity contribution in [1.29, 1.82) is 0 Å². The van der Waals surface area contributed by atoms with E-state index in [1.165, 1.54) is 11.0 Å². The fourth-order valence-electron chi connectivity index (χ4n) is 5.38. The molecule has 0 radical (unpaired) electrons. The Morgan fingerprint density at radius 3 is 2.62 bits per heavy atom. The van der Waals surface area contributed by atoms with Gasteiger partial charge in [-0.3, -0.25) is 4.90 Å². The molecule has 3 aliphatic rings. The van der Waals surface area contributed by atoms with Gasteiger partial charge in [-0.25, -0.2) is 23.6 Å². The fraction of sp³-hybridized carbons (Fsp3) is 0.444. The molecular formula is C27H30FN7O4. The van der Waals surface area contributed by atoms with E-state index in [1.54, 1.807) is 35.4 Å². The summed E-state index contributed by atoms with van der Waals surface area (Å²) in [5, 5.41) is 10.6. The number of benzene rings is 1. The molecule has 2 amide bonds. The summed E-state index contributed by atoms with van der Waals surface area (Å²) in [6.45, 7) is 7.80. The van der Waals surface area contributed by atoms with Crippen molar-refractivity contribution in [1.82, 2.24) is 25.3 Å². The molecular weight excluding hydrogens is 505 g/mol. The minimum atomic E-state index is -0.523. The molecule has 6 rings (SSSR count). The van der Waals surface area contributed by atoms with Crippen molar-refractivity contribution in [3.8, 4) is 11.1 Å². The lowest BCUT2D eigenvalue weighted by molar-refractivity contribution is 0.0518. The number of rotatable bonds is 6. The Morgan fingerprint density at radius 1 is 1.18 bits per heavy atom. The van der Waals surface area contributed by atoms with Crippen molar-refractivity contribution in [2.24, 2.45) is 11.8 Å². The van der Waals surface area contributed by atoms with Gasteiger partial charge in [-0.1, -0.05) is 5.21 Å². The van der Waals surface area contributed by atoms with Crippen molar-refractivity contribution in [2.45, 2.75) is 45.1 Å². The van der Waals surface area contributed by atoms with Gasteiger partial charge in [0.05, 0.1) is 25.0 Å². The molecule has 0 bridgehead atoms. The van der Waals surface area contributed by atoms with Crippen LogP contribution in [0.2, 0.25) is 0 Å².